The monoisotopic (exact) mass is 410 g/mol. The number of rotatable bonds is 7. The van der Waals surface area contributed by atoms with Crippen molar-refractivity contribution in [2.24, 2.45) is 0 Å². The first-order valence-corrected chi connectivity index (χ1v) is 9.86. The van der Waals surface area contributed by atoms with E-state index in [1.54, 1.807) is 26.4 Å². The molecule has 1 unspecified atom stereocenters. The van der Waals surface area contributed by atoms with Gasteiger partial charge in [0.25, 0.3) is 0 Å². The number of aryl methyl sites for hydroxylation is 1. The smallest absolute Gasteiger partial charge is 0.225 e. The summed E-state index contributed by atoms with van der Waals surface area (Å²) in [7, 11) is 6.33. The van der Waals surface area contributed by atoms with E-state index in [0.29, 0.717) is 29.4 Å². The van der Waals surface area contributed by atoms with Crippen molar-refractivity contribution in [3.63, 3.8) is 0 Å². The summed E-state index contributed by atoms with van der Waals surface area (Å²) in [5.74, 6) is 2.38. The van der Waals surface area contributed by atoms with Gasteiger partial charge in [-0.1, -0.05) is 0 Å². The van der Waals surface area contributed by atoms with Gasteiger partial charge in [-0.05, 0) is 48.6 Å². The third-order valence-electron chi connectivity index (χ3n) is 5.75. The van der Waals surface area contributed by atoms with Gasteiger partial charge in [-0.25, -0.2) is 0 Å². The van der Waals surface area contributed by atoms with Crippen LogP contribution in [-0.2, 0) is 11.2 Å². The van der Waals surface area contributed by atoms with Crippen LogP contribution in [-0.4, -0.2) is 39.3 Å². The fourth-order valence-corrected chi connectivity index (χ4v) is 4.38. The average Bonchev–Trinajstić information content (AvgIpc) is 3.20. The van der Waals surface area contributed by atoms with Crippen molar-refractivity contribution in [1.82, 2.24) is 4.98 Å². The molecule has 0 bridgehead atoms. The number of methoxy groups -OCH3 is 4. The summed E-state index contributed by atoms with van der Waals surface area (Å²) < 4.78 is 21.7. The molecular weight excluding hydrogens is 384 g/mol. The predicted octanol–water partition coefficient (Wildman–Crippen LogP) is 4.26. The molecular formula is C23H26N2O5. The van der Waals surface area contributed by atoms with Crippen LogP contribution in [0.4, 0.5) is 5.69 Å². The molecule has 0 saturated carbocycles. The molecule has 1 heterocycles. The lowest BCUT2D eigenvalue weighted by molar-refractivity contribution is -0.116. The number of hydrogen-bond acceptors (Lipinski definition) is 5. The van der Waals surface area contributed by atoms with Crippen LogP contribution in [0.5, 0.6) is 23.0 Å². The lowest BCUT2D eigenvalue weighted by Gasteiger charge is -2.24. The maximum Gasteiger partial charge on any atom is 0.225 e. The lowest BCUT2D eigenvalue weighted by atomic mass is 9.82. The maximum atomic E-state index is 12.9. The number of anilines is 1. The van der Waals surface area contributed by atoms with Crippen molar-refractivity contribution >= 4 is 22.5 Å². The Balaban J connectivity index is 1.58. The summed E-state index contributed by atoms with van der Waals surface area (Å²) in [4.78, 5) is 16.2. The molecule has 0 aliphatic heterocycles. The van der Waals surface area contributed by atoms with Crippen LogP contribution in [0.15, 0.2) is 30.5 Å². The first-order valence-electron chi connectivity index (χ1n) is 9.86. The number of amides is 1. The molecule has 2 N–H and O–H groups in total. The van der Waals surface area contributed by atoms with Crippen molar-refractivity contribution < 1.29 is 23.7 Å². The number of carbonyl (C=O) groups excluding carboxylic acids is 1. The van der Waals surface area contributed by atoms with Crippen molar-refractivity contribution in [3.8, 4) is 23.0 Å². The van der Waals surface area contributed by atoms with Crippen molar-refractivity contribution in [3.05, 3.63) is 41.6 Å². The van der Waals surface area contributed by atoms with Crippen LogP contribution < -0.4 is 24.3 Å². The van der Waals surface area contributed by atoms with E-state index in [1.165, 1.54) is 30.7 Å². The Morgan fingerprint density at radius 2 is 1.73 bits per heavy atom. The van der Waals surface area contributed by atoms with Gasteiger partial charge in [0, 0.05) is 29.1 Å². The fraction of sp³-hybridized carbons (Fsp3) is 0.348. The van der Waals surface area contributed by atoms with Gasteiger partial charge in [0.1, 0.15) is 5.75 Å². The van der Waals surface area contributed by atoms with E-state index in [-0.39, 0.29) is 11.8 Å². The molecule has 0 fully saturated rings. The van der Waals surface area contributed by atoms with Gasteiger partial charge in [0.2, 0.25) is 11.7 Å². The molecule has 158 valence electrons. The molecule has 7 nitrogen and oxygen atoms in total. The number of H-pyrrole nitrogens is 1. The number of hydrogen-bond donors (Lipinski definition) is 2. The van der Waals surface area contributed by atoms with Crippen LogP contribution in [0.2, 0.25) is 0 Å². The Morgan fingerprint density at radius 1 is 1.00 bits per heavy atom. The first kappa shape index (κ1) is 19.9. The SMILES string of the molecule is COc1ccc(NC(=O)CC2CCc3c(OC)ccc4[nH]cc2c34)c(OC)c1OC. The standard InChI is InChI=1S/C23H26N2O5/c1-27-18-9-7-16-21-14(18)6-5-13(15(21)12-24-16)11-20(26)25-17-8-10-19(28-2)23(30-4)22(17)29-3/h7-10,12-13,24H,5-6,11H2,1-4H3,(H,25,26). The van der Waals surface area contributed by atoms with Crippen LogP contribution in [0.3, 0.4) is 0 Å². The Labute approximate surface area is 175 Å². The Bertz CT molecular complexity index is 1090. The molecule has 1 aromatic heterocycles. The van der Waals surface area contributed by atoms with Gasteiger partial charge in [0.05, 0.1) is 34.1 Å². The zero-order chi connectivity index (χ0) is 21.3. The molecule has 1 atom stereocenters. The second kappa shape index (κ2) is 8.18. The fourth-order valence-electron chi connectivity index (χ4n) is 4.38. The van der Waals surface area contributed by atoms with Crippen molar-refractivity contribution in [2.45, 2.75) is 25.2 Å². The van der Waals surface area contributed by atoms with Gasteiger partial charge in [-0.15, -0.1) is 0 Å². The zero-order valence-corrected chi connectivity index (χ0v) is 17.6. The maximum absolute atomic E-state index is 12.9. The van der Waals surface area contributed by atoms with Crippen molar-refractivity contribution in [2.75, 3.05) is 33.8 Å². The lowest BCUT2D eigenvalue weighted by Crippen LogP contribution is -2.18. The summed E-state index contributed by atoms with van der Waals surface area (Å²) in [5.41, 5.74) is 4.01. The zero-order valence-electron chi connectivity index (χ0n) is 17.6. The average molecular weight is 410 g/mol. The van der Waals surface area contributed by atoms with Gasteiger partial charge in [-0.3, -0.25) is 4.79 Å². The number of ether oxygens (including phenoxy) is 4. The number of carbonyl (C=O) groups is 1. The summed E-state index contributed by atoms with van der Waals surface area (Å²) >= 11 is 0. The Morgan fingerprint density at radius 3 is 2.43 bits per heavy atom. The highest BCUT2D eigenvalue weighted by Gasteiger charge is 2.27. The third kappa shape index (κ3) is 3.30. The minimum absolute atomic E-state index is 0.0776. The minimum Gasteiger partial charge on any atom is -0.496 e. The van der Waals surface area contributed by atoms with E-state index in [1.807, 2.05) is 18.3 Å². The van der Waals surface area contributed by atoms with E-state index in [4.69, 9.17) is 18.9 Å². The van der Waals surface area contributed by atoms with Crippen LogP contribution in [0.1, 0.15) is 29.9 Å². The molecule has 0 spiro atoms. The first-order chi connectivity index (χ1) is 14.6. The quantitative estimate of drug-likeness (QED) is 0.608. The van der Waals surface area contributed by atoms with Gasteiger partial charge in [-0.2, -0.15) is 0 Å². The van der Waals surface area contributed by atoms with Gasteiger partial charge in [0.15, 0.2) is 11.5 Å². The molecule has 1 amide bonds. The third-order valence-corrected chi connectivity index (χ3v) is 5.75. The number of aromatic amines is 1. The van der Waals surface area contributed by atoms with Crippen LogP contribution in [0, 0.1) is 0 Å². The summed E-state index contributed by atoms with van der Waals surface area (Å²) in [6, 6.07) is 7.52. The van der Waals surface area contributed by atoms with E-state index in [9.17, 15) is 4.79 Å². The highest BCUT2D eigenvalue weighted by atomic mass is 16.5. The summed E-state index contributed by atoms with van der Waals surface area (Å²) in [6.45, 7) is 0. The van der Waals surface area contributed by atoms with Gasteiger partial charge < -0.3 is 29.2 Å². The summed E-state index contributed by atoms with van der Waals surface area (Å²) in [6.07, 6.45) is 4.16. The van der Waals surface area contributed by atoms with Gasteiger partial charge >= 0.3 is 0 Å². The Hall–Kier alpha value is -3.35. The second-order valence-electron chi connectivity index (χ2n) is 7.28. The van der Waals surface area contributed by atoms with Crippen LogP contribution >= 0.6 is 0 Å². The number of aromatic nitrogens is 1. The molecule has 7 heteroatoms. The molecule has 1 aliphatic carbocycles. The van der Waals surface area contributed by atoms with Crippen LogP contribution in [0.25, 0.3) is 10.9 Å². The number of benzene rings is 2. The van der Waals surface area contributed by atoms with E-state index >= 15 is 0 Å². The molecule has 0 radical (unpaired) electrons. The predicted molar refractivity (Wildman–Crippen MR) is 115 cm³/mol. The van der Waals surface area contributed by atoms with E-state index < -0.39 is 0 Å². The molecule has 4 rings (SSSR count). The molecule has 2 aromatic carbocycles. The highest BCUT2D eigenvalue weighted by Crippen LogP contribution is 2.44. The van der Waals surface area contributed by atoms with E-state index in [0.717, 1.165) is 24.1 Å². The highest BCUT2D eigenvalue weighted by molar-refractivity contribution is 5.95. The topological polar surface area (TPSA) is 81.8 Å². The number of nitrogens with one attached hydrogen (secondary N) is 2. The summed E-state index contributed by atoms with van der Waals surface area (Å²) in [5, 5.41) is 4.15. The molecule has 30 heavy (non-hydrogen) atoms. The normalized spacial score (nSPS) is 15.0. The largest absolute Gasteiger partial charge is 0.496 e. The van der Waals surface area contributed by atoms with Crippen molar-refractivity contribution in [1.29, 1.82) is 0 Å². The minimum atomic E-state index is -0.0776. The second-order valence-corrected chi connectivity index (χ2v) is 7.28. The molecule has 1 aliphatic rings. The molecule has 0 saturated heterocycles. The Kier molecular flexibility index (Phi) is 5.44. The molecule has 3 aromatic rings. The van der Waals surface area contributed by atoms with E-state index in [2.05, 4.69) is 10.3 Å².